The zero-order valence-electron chi connectivity index (χ0n) is 10.8. The summed E-state index contributed by atoms with van der Waals surface area (Å²) in [4.78, 5) is 22.6. The molecule has 3 N–H and O–H groups in total. The number of hydrogen-bond donors (Lipinski definition) is 3. The molecule has 0 heterocycles. The molecule has 0 bridgehead atoms. The molecule has 0 aliphatic carbocycles. The summed E-state index contributed by atoms with van der Waals surface area (Å²) < 4.78 is 0. The van der Waals surface area contributed by atoms with Gasteiger partial charge in [0.05, 0.1) is 10.6 Å². The van der Waals surface area contributed by atoms with Crippen molar-refractivity contribution in [2.24, 2.45) is 0 Å². The Morgan fingerprint density at radius 1 is 1.05 bits per heavy atom. The molecule has 1 amide bonds. The highest BCUT2D eigenvalue weighted by Gasteiger charge is 2.08. The molecule has 0 radical (unpaired) electrons. The topological polar surface area (TPSA) is 86.6 Å². The van der Waals surface area contributed by atoms with Crippen molar-refractivity contribution in [2.45, 2.75) is 6.54 Å². The van der Waals surface area contributed by atoms with Crippen LogP contribution in [0.1, 0.15) is 26.3 Å². The van der Waals surface area contributed by atoms with E-state index >= 15 is 0 Å². The summed E-state index contributed by atoms with van der Waals surface area (Å²) in [5.74, 6) is -1.42. The first-order chi connectivity index (χ1) is 9.97. The molecule has 5 nitrogen and oxygen atoms in total. The highest BCUT2D eigenvalue weighted by Crippen LogP contribution is 2.23. The number of hydrogen-bond acceptors (Lipinski definition) is 3. The first-order valence-electron chi connectivity index (χ1n) is 6.06. The van der Waals surface area contributed by atoms with Gasteiger partial charge in [0.1, 0.15) is 5.75 Å². The van der Waals surface area contributed by atoms with E-state index in [-0.39, 0.29) is 28.8 Å². The average molecular weight is 306 g/mol. The van der Waals surface area contributed by atoms with Gasteiger partial charge in [-0.3, -0.25) is 4.79 Å². The van der Waals surface area contributed by atoms with Crippen molar-refractivity contribution in [1.29, 1.82) is 0 Å². The van der Waals surface area contributed by atoms with Crippen LogP contribution in [0.5, 0.6) is 5.75 Å². The number of rotatable bonds is 4. The van der Waals surface area contributed by atoms with Gasteiger partial charge in [-0.25, -0.2) is 4.79 Å². The summed E-state index contributed by atoms with van der Waals surface area (Å²) in [5.41, 5.74) is 1.30. The van der Waals surface area contributed by atoms with Crippen LogP contribution < -0.4 is 5.32 Å². The lowest BCUT2D eigenvalue weighted by Crippen LogP contribution is -2.22. The average Bonchev–Trinajstić information content (AvgIpc) is 2.48. The SMILES string of the molecule is O=C(O)c1ccc(CNC(=O)c2ccc(O)c(Cl)c2)cc1. The summed E-state index contributed by atoms with van der Waals surface area (Å²) >= 11 is 5.74. The minimum absolute atomic E-state index is 0.0857. The molecule has 0 aliphatic rings. The van der Waals surface area contributed by atoms with Crippen molar-refractivity contribution >= 4 is 23.5 Å². The fourth-order valence-electron chi connectivity index (χ4n) is 1.70. The van der Waals surface area contributed by atoms with Crippen LogP contribution in [-0.2, 0) is 6.54 Å². The summed E-state index contributed by atoms with van der Waals surface area (Å²) in [6.07, 6.45) is 0. The second kappa shape index (κ2) is 6.28. The number of carboxylic acids is 1. The van der Waals surface area contributed by atoms with Crippen LogP contribution in [0.25, 0.3) is 0 Å². The third-order valence-corrected chi connectivity index (χ3v) is 3.17. The number of halogens is 1. The van der Waals surface area contributed by atoms with Gasteiger partial charge < -0.3 is 15.5 Å². The van der Waals surface area contributed by atoms with Crippen molar-refractivity contribution in [2.75, 3.05) is 0 Å². The maximum atomic E-state index is 11.9. The predicted octanol–water partition coefficient (Wildman–Crippen LogP) is 2.67. The Hall–Kier alpha value is -2.53. The molecule has 2 aromatic rings. The molecule has 0 spiro atoms. The van der Waals surface area contributed by atoms with Crippen LogP contribution in [0.3, 0.4) is 0 Å². The van der Waals surface area contributed by atoms with E-state index in [2.05, 4.69) is 5.32 Å². The standard InChI is InChI=1S/C15H12ClNO4/c16-12-7-11(5-6-13(12)18)14(19)17-8-9-1-3-10(4-2-9)15(20)21/h1-7,18H,8H2,(H,17,19)(H,20,21). The Bertz CT molecular complexity index is 683. The van der Waals surface area contributed by atoms with Crippen molar-refractivity contribution in [3.63, 3.8) is 0 Å². The van der Waals surface area contributed by atoms with Crippen molar-refractivity contribution in [1.82, 2.24) is 5.32 Å². The molecular formula is C15H12ClNO4. The van der Waals surface area contributed by atoms with E-state index in [9.17, 15) is 14.7 Å². The summed E-state index contributed by atoms with van der Waals surface area (Å²) in [6, 6.07) is 10.4. The third-order valence-electron chi connectivity index (χ3n) is 2.86. The van der Waals surface area contributed by atoms with E-state index in [4.69, 9.17) is 16.7 Å². The zero-order valence-corrected chi connectivity index (χ0v) is 11.6. The molecule has 21 heavy (non-hydrogen) atoms. The fraction of sp³-hybridized carbons (Fsp3) is 0.0667. The number of phenolic OH excluding ortho intramolecular Hbond substituents is 1. The maximum Gasteiger partial charge on any atom is 0.335 e. The van der Waals surface area contributed by atoms with Crippen LogP contribution in [-0.4, -0.2) is 22.1 Å². The quantitative estimate of drug-likeness (QED) is 0.810. The lowest BCUT2D eigenvalue weighted by molar-refractivity contribution is 0.0696. The van der Waals surface area contributed by atoms with Gasteiger partial charge in [0, 0.05) is 12.1 Å². The minimum Gasteiger partial charge on any atom is -0.506 e. The third kappa shape index (κ3) is 3.73. The Morgan fingerprint density at radius 2 is 1.67 bits per heavy atom. The molecule has 108 valence electrons. The number of aromatic carboxylic acids is 1. The molecular weight excluding hydrogens is 294 g/mol. The molecule has 0 saturated heterocycles. The van der Waals surface area contributed by atoms with Gasteiger partial charge in [-0.2, -0.15) is 0 Å². The number of benzene rings is 2. The van der Waals surface area contributed by atoms with Crippen molar-refractivity contribution in [3.05, 3.63) is 64.2 Å². The van der Waals surface area contributed by atoms with Gasteiger partial charge in [-0.15, -0.1) is 0 Å². The Labute approximate surface area is 125 Å². The van der Waals surface area contributed by atoms with E-state index in [1.165, 1.54) is 30.3 Å². The maximum absolute atomic E-state index is 11.9. The second-order valence-corrected chi connectivity index (χ2v) is 4.76. The highest BCUT2D eigenvalue weighted by molar-refractivity contribution is 6.32. The van der Waals surface area contributed by atoms with Crippen molar-refractivity contribution in [3.8, 4) is 5.75 Å². The van der Waals surface area contributed by atoms with E-state index in [1.54, 1.807) is 12.1 Å². The van der Waals surface area contributed by atoms with Crippen molar-refractivity contribution < 1.29 is 19.8 Å². The molecule has 0 aromatic heterocycles. The second-order valence-electron chi connectivity index (χ2n) is 4.35. The zero-order chi connectivity index (χ0) is 15.4. The van der Waals surface area contributed by atoms with Gasteiger partial charge in [0.25, 0.3) is 5.91 Å². The molecule has 0 atom stereocenters. The Morgan fingerprint density at radius 3 is 2.24 bits per heavy atom. The number of phenols is 1. The number of aromatic hydroxyl groups is 1. The number of carbonyl (C=O) groups is 2. The van der Waals surface area contributed by atoms with Gasteiger partial charge in [0.15, 0.2) is 0 Å². The fourth-order valence-corrected chi connectivity index (χ4v) is 1.88. The van der Waals surface area contributed by atoms with Gasteiger partial charge in [-0.1, -0.05) is 23.7 Å². The van der Waals surface area contributed by atoms with Gasteiger partial charge in [0.2, 0.25) is 0 Å². The van der Waals surface area contributed by atoms with E-state index in [0.717, 1.165) is 5.56 Å². The highest BCUT2D eigenvalue weighted by atomic mass is 35.5. The largest absolute Gasteiger partial charge is 0.506 e. The number of carboxylic acid groups (broad SMARTS) is 1. The minimum atomic E-state index is -0.996. The first-order valence-corrected chi connectivity index (χ1v) is 6.44. The smallest absolute Gasteiger partial charge is 0.335 e. The summed E-state index contributed by atoms with van der Waals surface area (Å²) in [5, 5.41) is 20.9. The molecule has 2 aromatic carbocycles. The normalized spacial score (nSPS) is 10.1. The predicted molar refractivity (Wildman–Crippen MR) is 77.7 cm³/mol. The Balaban J connectivity index is 2.00. The molecule has 0 aliphatic heterocycles. The van der Waals surface area contributed by atoms with Gasteiger partial charge >= 0.3 is 5.97 Å². The number of nitrogens with one attached hydrogen (secondary N) is 1. The first kappa shape index (κ1) is 14.9. The number of amides is 1. The molecule has 2 rings (SSSR count). The van der Waals surface area contributed by atoms with Crippen LogP contribution in [0.4, 0.5) is 0 Å². The van der Waals surface area contributed by atoms with E-state index < -0.39 is 5.97 Å². The lowest BCUT2D eigenvalue weighted by atomic mass is 10.1. The lowest BCUT2D eigenvalue weighted by Gasteiger charge is -2.06. The van der Waals surface area contributed by atoms with Crippen LogP contribution >= 0.6 is 11.6 Å². The molecule has 6 heteroatoms. The van der Waals surface area contributed by atoms with Gasteiger partial charge in [-0.05, 0) is 35.9 Å². The summed E-state index contributed by atoms with van der Waals surface area (Å²) in [7, 11) is 0. The monoisotopic (exact) mass is 305 g/mol. The van der Waals surface area contributed by atoms with Crippen LogP contribution in [0.15, 0.2) is 42.5 Å². The molecule has 0 fully saturated rings. The molecule has 0 saturated carbocycles. The van der Waals surface area contributed by atoms with Crippen LogP contribution in [0.2, 0.25) is 5.02 Å². The molecule has 0 unspecified atom stereocenters. The van der Waals surface area contributed by atoms with Crippen LogP contribution in [0, 0.1) is 0 Å². The van der Waals surface area contributed by atoms with E-state index in [1.807, 2.05) is 0 Å². The van der Waals surface area contributed by atoms with E-state index in [0.29, 0.717) is 5.56 Å². The summed E-state index contributed by atoms with van der Waals surface area (Å²) in [6.45, 7) is 0.261. The number of carbonyl (C=O) groups excluding carboxylic acids is 1. The Kier molecular flexibility index (Phi) is 4.45.